The Hall–Kier alpha value is -2.12. The fourth-order valence-electron chi connectivity index (χ4n) is 1.86. The summed E-state index contributed by atoms with van der Waals surface area (Å²) in [4.78, 5) is 15.8. The van der Waals surface area contributed by atoms with Crippen LogP contribution >= 0.6 is 11.3 Å². The first-order valence-electron chi connectivity index (χ1n) is 5.91. The van der Waals surface area contributed by atoms with Crippen LogP contribution in [0.25, 0.3) is 0 Å². The van der Waals surface area contributed by atoms with E-state index in [4.69, 9.17) is 5.26 Å². The predicted molar refractivity (Wildman–Crippen MR) is 77.8 cm³/mol. The summed E-state index contributed by atoms with van der Waals surface area (Å²) < 4.78 is 0. The normalized spacial score (nSPS) is 9.95. The van der Waals surface area contributed by atoms with E-state index in [0.29, 0.717) is 5.56 Å². The molecule has 0 unspecified atom stereocenters. The Bertz CT molecular complexity index is 640. The van der Waals surface area contributed by atoms with Crippen LogP contribution in [0.3, 0.4) is 0 Å². The van der Waals surface area contributed by atoms with Crippen molar-refractivity contribution in [3.8, 4) is 6.07 Å². The molecule has 4 heteroatoms. The highest BCUT2D eigenvalue weighted by Gasteiger charge is 2.13. The lowest BCUT2D eigenvalue weighted by Gasteiger charge is -2.19. The van der Waals surface area contributed by atoms with Gasteiger partial charge in [-0.2, -0.15) is 5.26 Å². The SMILES string of the molecule is Cc1ccc(C(=O)CN(C)c2ccccc2C#N)s1. The van der Waals surface area contributed by atoms with Gasteiger partial charge in [-0.3, -0.25) is 4.79 Å². The number of benzene rings is 1. The Morgan fingerprint density at radius 1 is 1.32 bits per heavy atom. The maximum Gasteiger partial charge on any atom is 0.191 e. The highest BCUT2D eigenvalue weighted by atomic mass is 32.1. The number of carbonyl (C=O) groups is 1. The molecule has 0 atom stereocenters. The number of carbonyl (C=O) groups excluding carboxylic acids is 1. The minimum atomic E-state index is 0.0772. The molecule has 0 amide bonds. The Kier molecular flexibility index (Phi) is 3.98. The number of para-hydroxylation sites is 1. The molecule has 0 saturated heterocycles. The number of hydrogen-bond donors (Lipinski definition) is 0. The van der Waals surface area contributed by atoms with Crippen molar-refractivity contribution in [3.63, 3.8) is 0 Å². The summed E-state index contributed by atoms with van der Waals surface area (Å²) in [6, 6.07) is 13.2. The number of hydrogen-bond acceptors (Lipinski definition) is 4. The van der Waals surface area contributed by atoms with E-state index in [1.807, 2.05) is 49.2 Å². The van der Waals surface area contributed by atoms with E-state index in [-0.39, 0.29) is 12.3 Å². The third kappa shape index (κ3) is 3.01. The average molecular weight is 270 g/mol. The van der Waals surface area contributed by atoms with E-state index in [1.54, 1.807) is 6.07 Å². The number of aryl methyl sites for hydroxylation is 1. The molecule has 0 aliphatic rings. The van der Waals surface area contributed by atoms with Crippen LogP contribution in [0.1, 0.15) is 20.1 Å². The minimum absolute atomic E-state index is 0.0772. The summed E-state index contributed by atoms with van der Waals surface area (Å²) in [5.74, 6) is 0.0772. The molecule has 0 aliphatic heterocycles. The molecule has 0 bridgehead atoms. The number of Topliss-reactive ketones (excluding diaryl/α,β-unsaturated/α-hetero) is 1. The second-order valence-corrected chi connectivity index (χ2v) is 5.61. The number of ketones is 1. The first kappa shape index (κ1) is 13.3. The molecule has 0 aliphatic carbocycles. The third-order valence-electron chi connectivity index (χ3n) is 2.83. The molecule has 2 rings (SSSR count). The van der Waals surface area contributed by atoms with Crippen LogP contribution in [0.5, 0.6) is 0 Å². The second-order valence-electron chi connectivity index (χ2n) is 4.32. The van der Waals surface area contributed by atoms with Crippen LogP contribution in [0.4, 0.5) is 5.69 Å². The molecular weight excluding hydrogens is 256 g/mol. The first-order valence-corrected chi connectivity index (χ1v) is 6.73. The molecule has 96 valence electrons. The van der Waals surface area contributed by atoms with E-state index < -0.39 is 0 Å². The third-order valence-corrected chi connectivity index (χ3v) is 3.87. The van der Waals surface area contributed by atoms with Crippen molar-refractivity contribution in [3.05, 3.63) is 51.7 Å². The van der Waals surface area contributed by atoms with Gasteiger partial charge in [-0.15, -0.1) is 11.3 Å². The first-order chi connectivity index (χ1) is 9.11. The van der Waals surface area contributed by atoms with Gasteiger partial charge in [0.1, 0.15) is 6.07 Å². The zero-order valence-corrected chi connectivity index (χ0v) is 11.7. The quantitative estimate of drug-likeness (QED) is 0.801. The van der Waals surface area contributed by atoms with Gasteiger partial charge in [0.2, 0.25) is 0 Å². The van der Waals surface area contributed by atoms with Crippen LogP contribution in [-0.2, 0) is 0 Å². The van der Waals surface area contributed by atoms with Gasteiger partial charge >= 0.3 is 0 Å². The number of nitrogens with zero attached hydrogens (tertiary/aromatic N) is 2. The Morgan fingerprint density at radius 3 is 2.68 bits per heavy atom. The van der Waals surface area contributed by atoms with Crippen LogP contribution in [0.15, 0.2) is 36.4 Å². The zero-order chi connectivity index (χ0) is 13.8. The van der Waals surface area contributed by atoms with Crippen LogP contribution < -0.4 is 4.90 Å². The largest absolute Gasteiger partial charge is 0.366 e. The summed E-state index contributed by atoms with van der Waals surface area (Å²) in [7, 11) is 1.83. The molecule has 1 aromatic carbocycles. The minimum Gasteiger partial charge on any atom is -0.366 e. The molecule has 19 heavy (non-hydrogen) atoms. The van der Waals surface area contributed by atoms with E-state index in [0.717, 1.165) is 15.4 Å². The summed E-state index contributed by atoms with van der Waals surface area (Å²) in [5.41, 5.74) is 1.37. The number of likely N-dealkylation sites (N-methyl/N-ethyl adjacent to an activating group) is 1. The molecule has 0 saturated carbocycles. The zero-order valence-electron chi connectivity index (χ0n) is 10.9. The van der Waals surface area contributed by atoms with E-state index >= 15 is 0 Å². The standard InChI is InChI=1S/C15H14N2OS/c1-11-7-8-15(19-11)14(18)10-17(2)13-6-4-3-5-12(13)9-16/h3-8H,10H2,1-2H3. The number of thiophene rings is 1. The van der Waals surface area contributed by atoms with Crippen LogP contribution in [-0.4, -0.2) is 19.4 Å². The second kappa shape index (κ2) is 5.68. The fraction of sp³-hybridized carbons (Fsp3) is 0.200. The van der Waals surface area contributed by atoms with Crippen molar-refractivity contribution in [2.45, 2.75) is 6.92 Å². The van der Waals surface area contributed by atoms with Crippen molar-refractivity contribution in [2.75, 3.05) is 18.5 Å². The molecule has 1 heterocycles. The summed E-state index contributed by atoms with van der Waals surface area (Å²) in [6.07, 6.45) is 0. The van der Waals surface area contributed by atoms with Gasteiger partial charge in [-0.1, -0.05) is 12.1 Å². The maximum atomic E-state index is 12.1. The van der Waals surface area contributed by atoms with Crippen LogP contribution in [0, 0.1) is 18.3 Å². The van der Waals surface area contributed by atoms with Crippen molar-refractivity contribution in [2.24, 2.45) is 0 Å². The highest BCUT2D eigenvalue weighted by Crippen LogP contribution is 2.20. The molecule has 0 N–H and O–H groups in total. The number of rotatable bonds is 4. The van der Waals surface area contributed by atoms with Gasteiger partial charge in [-0.25, -0.2) is 0 Å². The molecular formula is C15H14N2OS. The average Bonchev–Trinajstić information content (AvgIpc) is 2.85. The summed E-state index contributed by atoms with van der Waals surface area (Å²) in [5, 5.41) is 9.06. The van der Waals surface area contributed by atoms with Crippen molar-refractivity contribution in [1.29, 1.82) is 5.26 Å². The molecule has 2 aromatic rings. The molecule has 0 radical (unpaired) electrons. The van der Waals surface area contributed by atoms with Crippen molar-refractivity contribution in [1.82, 2.24) is 0 Å². The van der Waals surface area contributed by atoms with Gasteiger partial charge in [0.15, 0.2) is 5.78 Å². The van der Waals surface area contributed by atoms with Gasteiger partial charge in [0.25, 0.3) is 0 Å². The van der Waals surface area contributed by atoms with Gasteiger partial charge in [0, 0.05) is 11.9 Å². The van der Waals surface area contributed by atoms with Gasteiger partial charge < -0.3 is 4.90 Å². The van der Waals surface area contributed by atoms with Gasteiger partial charge in [-0.05, 0) is 31.2 Å². The van der Waals surface area contributed by atoms with E-state index in [9.17, 15) is 4.79 Å². The van der Waals surface area contributed by atoms with Crippen molar-refractivity contribution < 1.29 is 4.79 Å². The summed E-state index contributed by atoms with van der Waals surface area (Å²) >= 11 is 1.50. The Morgan fingerprint density at radius 2 is 2.05 bits per heavy atom. The molecule has 1 aromatic heterocycles. The molecule has 0 spiro atoms. The topological polar surface area (TPSA) is 44.1 Å². The lowest BCUT2D eigenvalue weighted by atomic mass is 10.1. The van der Waals surface area contributed by atoms with Gasteiger partial charge in [0.05, 0.1) is 22.7 Å². The van der Waals surface area contributed by atoms with Crippen molar-refractivity contribution >= 4 is 22.8 Å². The van der Waals surface area contributed by atoms with Crippen LogP contribution in [0.2, 0.25) is 0 Å². The maximum absolute atomic E-state index is 12.1. The Labute approximate surface area is 116 Å². The predicted octanol–water partition coefficient (Wildman–Crippen LogP) is 3.25. The molecule has 0 fully saturated rings. The lowest BCUT2D eigenvalue weighted by molar-refractivity contribution is 0.100. The van der Waals surface area contributed by atoms with E-state index in [2.05, 4.69) is 6.07 Å². The Balaban J connectivity index is 2.15. The number of anilines is 1. The van der Waals surface area contributed by atoms with E-state index in [1.165, 1.54) is 11.3 Å². The summed E-state index contributed by atoms with van der Waals surface area (Å²) in [6.45, 7) is 2.26. The number of nitriles is 1. The monoisotopic (exact) mass is 270 g/mol. The lowest BCUT2D eigenvalue weighted by Crippen LogP contribution is -2.25. The molecule has 3 nitrogen and oxygen atoms in total. The highest BCUT2D eigenvalue weighted by molar-refractivity contribution is 7.14. The fourth-order valence-corrected chi connectivity index (χ4v) is 2.66. The smallest absolute Gasteiger partial charge is 0.191 e.